The summed E-state index contributed by atoms with van der Waals surface area (Å²) in [6.07, 6.45) is 0. The van der Waals surface area contributed by atoms with Gasteiger partial charge in [-0.05, 0) is 0 Å². The van der Waals surface area contributed by atoms with E-state index in [2.05, 4.69) is 0 Å². The molecule has 0 aromatic carbocycles. The molecule has 0 fully saturated rings. The first-order chi connectivity index (χ1) is 5.10. The quantitative estimate of drug-likeness (QED) is 0.628. The second-order valence-electron chi connectivity index (χ2n) is 1.86. The smallest absolute Gasteiger partial charge is 0.117 e. The average Bonchev–Trinajstić information content (AvgIpc) is 1.83. The minimum absolute atomic E-state index is 1.03. The Labute approximate surface area is 110 Å². The summed E-state index contributed by atoms with van der Waals surface area (Å²) in [6, 6.07) is 0. The van der Waals surface area contributed by atoms with Crippen LogP contribution in [0.15, 0.2) is 0 Å². The number of hydrogen-bond donors (Lipinski definition) is 0. The lowest BCUT2D eigenvalue weighted by molar-refractivity contribution is 0.753. The third-order valence-electron chi connectivity index (χ3n) is 0.946. The van der Waals surface area contributed by atoms with Crippen LogP contribution in [0, 0.1) is 0 Å². The molecule has 0 aliphatic rings. The lowest BCUT2D eigenvalue weighted by Crippen LogP contribution is -2.43. The third-order valence-corrected chi connectivity index (χ3v) is 5.02. The van der Waals surface area contributed by atoms with E-state index in [9.17, 15) is 0 Å². The van der Waals surface area contributed by atoms with E-state index in [0.717, 1.165) is 0 Å². The lowest BCUT2D eigenvalue weighted by atomic mass is 10.3. The minimum atomic E-state index is -1.95. The summed E-state index contributed by atoms with van der Waals surface area (Å²) in [5.41, 5.74) is 0. The van der Waals surface area contributed by atoms with Crippen molar-refractivity contribution in [1.29, 1.82) is 0 Å². The van der Waals surface area contributed by atoms with Crippen LogP contribution < -0.4 is 0 Å². The van der Waals surface area contributed by atoms with Gasteiger partial charge in [-0.25, -0.2) is 0 Å². The summed E-state index contributed by atoms with van der Waals surface area (Å²) >= 11 is 44.0. The van der Waals surface area contributed by atoms with E-state index in [1.807, 2.05) is 0 Å². The fourth-order valence-electron chi connectivity index (χ4n) is 0.315. The molecule has 0 saturated heterocycles. The first kappa shape index (κ1) is 14.3. The molecule has 0 radical (unpaired) electrons. The van der Waals surface area contributed by atoms with Gasteiger partial charge in [0, 0.05) is 0 Å². The van der Waals surface area contributed by atoms with Crippen molar-refractivity contribution in [2.75, 3.05) is 0 Å². The highest BCUT2D eigenvalue weighted by atomic mass is 35.6. The van der Waals surface area contributed by atoms with Crippen molar-refractivity contribution in [1.82, 2.24) is 0 Å². The van der Waals surface area contributed by atoms with E-state index >= 15 is 0 Å². The Bertz CT molecular complexity index is 146. The molecular weight excluding hydrogens is 332 g/mol. The molecule has 0 aliphatic heterocycles. The van der Waals surface area contributed by atoms with Gasteiger partial charge >= 0.3 is 0 Å². The number of halogens is 8. The molecule has 0 rings (SSSR count). The maximum absolute atomic E-state index is 5.63. The van der Waals surface area contributed by atoms with Crippen molar-refractivity contribution in [3.05, 3.63) is 0 Å². The molecule has 74 valence electrons. The van der Waals surface area contributed by atoms with Crippen molar-refractivity contribution in [3.63, 3.8) is 0 Å². The fourth-order valence-corrected chi connectivity index (χ4v) is 1.89. The normalized spacial score (nSPS) is 16.8. The van der Waals surface area contributed by atoms with Gasteiger partial charge in [0.05, 0.1) is 0 Å². The first-order valence-corrected chi connectivity index (χ1v) is 5.67. The zero-order chi connectivity index (χ0) is 10.2. The van der Waals surface area contributed by atoms with Gasteiger partial charge in [-0.1, -0.05) is 58.0 Å². The second kappa shape index (κ2) is 4.90. The molecule has 8 heteroatoms. The van der Waals surface area contributed by atoms with E-state index in [4.69, 9.17) is 92.8 Å². The van der Waals surface area contributed by atoms with E-state index in [0.29, 0.717) is 0 Å². The van der Waals surface area contributed by atoms with Crippen molar-refractivity contribution >= 4 is 92.8 Å². The molecule has 0 N–H and O–H groups in total. The SMILES string of the molecule is ClC(Cl)C(Cl)C(Cl)(Cl)C(Cl)(Cl)Cl. The molecule has 0 saturated carbocycles. The van der Waals surface area contributed by atoms with E-state index in [1.54, 1.807) is 0 Å². The van der Waals surface area contributed by atoms with Gasteiger partial charge in [-0.15, -0.1) is 34.8 Å². The minimum Gasteiger partial charge on any atom is -0.117 e. The highest BCUT2D eigenvalue weighted by Gasteiger charge is 2.53. The molecule has 0 nitrogen and oxygen atoms in total. The van der Waals surface area contributed by atoms with Crippen molar-refractivity contribution < 1.29 is 0 Å². The molecule has 1 atom stereocenters. The molecule has 0 amide bonds. The van der Waals surface area contributed by atoms with Crippen LogP contribution in [-0.4, -0.2) is 18.3 Å². The van der Waals surface area contributed by atoms with Gasteiger partial charge in [0.1, 0.15) is 10.2 Å². The van der Waals surface area contributed by atoms with E-state index in [1.165, 1.54) is 0 Å². The van der Waals surface area contributed by atoms with Gasteiger partial charge in [0.15, 0.2) is 4.33 Å². The van der Waals surface area contributed by atoms with Gasteiger partial charge < -0.3 is 0 Å². The molecule has 0 aromatic heterocycles. The fraction of sp³-hybridized carbons (Fsp3) is 1.00. The number of hydrogen-bond acceptors (Lipinski definition) is 0. The molecule has 0 aromatic rings. The second-order valence-corrected chi connectivity index (χ2v) is 7.16. The predicted molar refractivity (Wildman–Crippen MR) is 59.9 cm³/mol. The van der Waals surface area contributed by atoms with Crippen molar-refractivity contribution in [2.45, 2.75) is 18.3 Å². The lowest BCUT2D eigenvalue weighted by Gasteiger charge is -2.31. The average molecular weight is 334 g/mol. The van der Waals surface area contributed by atoms with Crippen LogP contribution in [0.2, 0.25) is 0 Å². The first-order valence-electron chi connectivity index (χ1n) is 2.47. The Morgan fingerprint density at radius 1 is 0.750 bits per heavy atom. The highest BCUT2D eigenvalue weighted by molar-refractivity contribution is 6.77. The Hall–Kier alpha value is 2.32. The molecule has 1 unspecified atom stereocenters. The van der Waals surface area contributed by atoms with Crippen LogP contribution in [0.1, 0.15) is 0 Å². The summed E-state index contributed by atoms with van der Waals surface area (Å²) in [5.74, 6) is 0. The molecule has 0 spiro atoms. The summed E-state index contributed by atoms with van der Waals surface area (Å²) < 4.78 is -3.79. The van der Waals surface area contributed by atoms with Gasteiger partial charge in [0.2, 0.25) is 3.79 Å². The zero-order valence-electron chi connectivity index (χ0n) is 5.18. The summed E-state index contributed by atoms with van der Waals surface area (Å²) in [6.45, 7) is 0. The zero-order valence-corrected chi connectivity index (χ0v) is 11.2. The largest absolute Gasteiger partial charge is 0.224 e. The molecule has 0 bridgehead atoms. The highest BCUT2D eigenvalue weighted by Crippen LogP contribution is 2.51. The predicted octanol–water partition coefficient (Wildman–Crippen LogP) is 4.94. The van der Waals surface area contributed by atoms with Crippen LogP contribution in [0.3, 0.4) is 0 Å². The van der Waals surface area contributed by atoms with Crippen LogP contribution in [0.4, 0.5) is 0 Å². The van der Waals surface area contributed by atoms with Crippen LogP contribution in [0.5, 0.6) is 0 Å². The van der Waals surface area contributed by atoms with E-state index in [-0.39, 0.29) is 0 Å². The van der Waals surface area contributed by atoms with E-state index < -0.39 is 18.3 Å². The monoisotopic (exact) mass is 330 g/mol. The topological polar surface area (TPSA) is 0 Å². The molecular formula is C4H2Cl8. The third kappa shape index (κ3) is 3.47. The summed E-state index contributed by atoms with van der Waals surface area (Å²) in [5, 5.41) is -1.09. The van der Waals surface area contributed by atoms with Crippen LogP contribution in [-0.2, 0) is 0 Å². The Kier molecular flexibility index (Phi) is 5.84. The Morgan fingerprint density at radius 2 is 1.08 bits per heavy atom. The maximum Gasteiger partial charge on any atom is 0.224 e. The standard InChI is InChI=1S/C4H2Cl8/c5-1(2(6)7)3(8,9)4(10,11)12/h1-2H. The Morgan fingerprint density at radius 3 is 1.17 bits per heavy atom. The van der Waals surface area contributed by atoms with Gasteiger partial charge in [-0.3, -0.25) is 0 Å². The maximum atomic E-state index is 5.63. The van der Waals surface area contributed by atoms with Gasteiger partial charge in [-0.2, -0.15) is 0 Å². The van der Waals surface area contributed by atoms with Crippen LogP contribution >= 0.6 is 92.8 Å². The van der Waals surface area contributed by atoms with Crippen molar-refractivity contribution in [2.24, 2.45) is 0 Å². The van der Waals surface area contributed by atoms with Gasteiger partial charge in [0.25, 0.3) is 0 Å². The summed E-state index contributed by atoms with van der Waals surface area (Å²) in [7, 11) is 0. The molecule has 12 heavy (non-hydrogen) atoms. The summed E-state index contributed by atoms with van der Waals surface area (Å²) in [4.78, 5) is -1.03. The Balaban J connectivity index is 4.61. The molecule has 0 aliphatic carbocycles. The number of alkyl halides is 8. The van der Waals surface area contributed by atoms with Crippen molar-refractivity contribution in [3.8, 4) is 0 Å². The molecule has 0 heterocycles. The van der Waals surface area contributed by atoms with Crippen LogP contribution in [0.25, 0.3) is 0 Å². The number of rotatable bonds is 2.